The molecular weight excluding hydrogens is 143 g/mol. The molecule has 56 valence electrons. The van der Waals surface area contributed by atoms with Gasteiger partial charge in [0.15, 0.2) is 11.5 Å². The molecule has 0 spiro atoms. The molecule has 1 aromatic rings. The number of hydrogen-bond donors (Lipinski definition) is 0. The average Bonchev–Trinajstić information content (AvgIpc) is 2.05. The summed E-state index contributed by atoms with van der Waals surface area (Å²) in [6, 6.07) is 0. The van der Waals surface area contributed by atoms with E-state index >= 15 is 0 Å². The first-order chi connectivity index (χ1) is 5.29. The van der Waals surface area contributed by atoms with E-state index in [0.717, 1.165) is 0 Å². The Kier molecular flexibility index (Phi) is 2.17. The SMILES string of the molecule is C#Cc1ncnc(CC)c1F. The predicted molar refractivity (Wildman–Crippen MR) is 39.3 cm³/mol. The molecule has 0 N–H and O–H groups in total. The van der Waals surface area contributed by atoms with E-state index in [4.69, 9.17) is 6.42 Å². The van der Waals surface area contributed by atoms with Crippen molar-refractivity contribution in [3.05, 3.63) is 23.5 Å². The van der Waals surface area contributed by atoms with Crippen LogP contribution in [-0.4, -0.2) is 9.97 Å². The lowest BCUT2D eigenvalue weighted by Gasteiger charge is -1.97. The molecule has 0 unspecified atom stereocenters. The monoisotopic (exact) mass is 150 g/mol. The Morgan fingerprint density at radius 3 is 2.91 bits per heavy atom. The Balaban J connectivity index is 3.23. The average molecular weight is 150 g/mol. The van der Waals surface area contributed by atoms with Gasteiger partial charge < -0.3 is 0 Å². The maximum Gasteiger partial charge on any atom is 0.178 e. The zero-order valence-electron chi connectivity index (χ0n) is 6.13. The fraction of sp³-hybridized carbons (Fsp3) is 0.250. The minimum absolute atomic E-state index is 0.0388. The van der Waals surface area contributed by atoms with Crippen molar-refractivity contribution in [2.24, 2.45) is 0 Å². The van der Waals surface area contributed by atoms with Gasteiger partial charge in [0.05, 0.1) is 5.69 Å². The van der Waals surface area contributed by atoms with Gasteiger partial charge in [-0.3, -0.25) is 0 Å². The van der Waals surface area contributed by atoms with Crippen molar-refractivity contribution in [1.82, 2.24) is 9.97 Å². The number of aromatic nitrogens is 2. The van der Waals surface area contributed by atoms with Crippen LogP contribution in [0.15, 0.2) is 6.33 Å². The van der Waals surface area contributed by atoms with E-state index < -0.39 is 5.82 Å². The van der Waals surface area contributed by atoms with Gasteiger partial charge in [0, 0.05) is 0 Å². The van der Waals surface area contributed by atoms with Crippen molar-refractivity contribution in [3.63, 3.8) is 0 Å². The Morgan fingerprint density at radius 2 is 2.36 bits per heavy atom. The molecular formula is C8H7FN2. The fourth-order valence-electron chi connectivity index (χ4n) is 0.753. The van der Waals surface area contributed by atoms with Gasteiger partial charge in [0.1, 0.15) is 6.33 Å². The van der Waals surface area contributed by atoms with Gasteiger partial charge in [-0.2, -0.15) is 0 Å². The van der Waals surface area contributed by atoms with Crippen molar-refractivity contribution >= 4 is 0 Å². The van der Waals surface area contributed by atoms with Gasteiger partial charge in [-0.25, -0.2) is 14.4 Å². The molecule has 0 aliphatic rings. The van der Waals surface area contributed by atoms with Crippen molar-refractivity contribution in [3.8, 4) is 12.3 Å². The van der Waals surface area contributed by atoms with Crippen LogP contribution in [-0.2, 0) is 6.42 Å². The van der Waals surface area contributed by atoms with Crippen LogP contribution in [0.1, 0.15) is 18.3 Å². The summed E-state index contributed by atoms with van der Waals surface area (Å²) in [6.07, 6.45) is 6.80. The molecule has 0 aliphatic carbocycles. The molecule has 0 amide bonds. The van der Waals surface area contributed by atoms with Gasteiger partial charge in [0.2, 0.25) is 0 Å². The van der Waals surface area contributed by atoms with Crippen LogP contribution in [0.5, 0.6) is 0 Å². The van der Waals surface area contributed by atoms with Gasteiger partial charge in [-0.05, 0) is 12.3 Å². The summed E-state index contributed by atoms with van der Waals surface area (Å²) < 4.78 is 13.0. The number of terminal acetylenes is 1. The Bertz CT molecular complexity index is 301. The first kappa shape index (κ1) is 7.67. The normalized spacial score (nSPS) is 9.18. The lowest BCUT2D eigenvalue weighted by Crippen LogP contribution is -1.98. The summed E-state index contributed by atoms with van der Waals surface area (Å²) in [5.41, 5.74) is 0.407. The first-order valence-corrected chi connectivity index (χ1v) is 3.25. The van der Waals surface area contributed by atoms with Crippen LogP contribution < -0.4 is 0 Å². The summed E-state index contributed by atoms with van der Waals surface area (Å²) in [5.74, 6) is 1.67. The molecule has 1 aromatic heterocycles. The van der Waals surface area contributed by atoms with Gasteiger partial charge >= 0.3 is 0 Å². The molecule has 0 aliphatic heterocycles. The van der Waals surface area contributed by atoms with Crippen LogP contribution in [0.4, 0.5) is 4.39 Å². The summed E-state index contributed by atoms with van der Waals surface area (Å²) in [5, 5.41) is 0. The lowest BCUT2D eigenvalue weighted by atomic mass is 10.2. The Hall–Kier alpha value is -1.43. The number of halogens is 1. The third-order valence-electron chi connectivity index (χ3n) is 1.33. The smallest absolute Gasteiger partial charge is 0.178 e. The third-order valence-corrected chi connectivity index (χ3v) is 1.33. The van der Waals surface area contributed by atoms with E-state index in [1.54, 1.807) is 0 Å². The number of rotatable bonds is 1. The largest absolute Gasteiger partial charge is 0.238 e. The second-order valence-corrected chi connectivity index (χ2v) is 1.98. The summed E-state index contributed by atoms with van der Waals surface area (Å²) in [7, 11) is 0. The fourth-order valence-corrected chi connectivity index (χ4v) is 0.753. The zero-order chi connectivity index (χ0) is 8.27. The van der Waals surface area contributed by atoms with Gasteiger partial charge in [-0.15, -0.1) is 6.42 Å². The van der Waals surface area contributed by atoms with E-state index in [1.165, 1.54) is 6.33 Å². The van der Waals surface area contributed by atoms with Crippen molar-refractivity contribution in [2.45, 2.75) is 13.3 Å². The van der Waals surface area contributed by atoms with Crippen LogP contribution in [0, 0.1) is 18.2 Å². The van der Waals surface area contributed by atoms with E-state index in [-0.39, 0.29) is 5.69 Å². The molecule has 1 heterocycles. The van der Waals surface area contributed by atoms with Crippen LogP contribution >= 0.6 is 0 Å². The Labute approximate surface area is 64.5 Å². The van der Waals surface area contributed by atoms with Crippen molar-refractivity contribution in [2.75, 3.05) is 0 Å². The highest BCUT2D eigenvalue weighted by molar-refractivity contribution is 5.27. The standard InChI is InChI=1S/C8H7FN2/c1-3-6-8(9)7(4-2)11-5-10-6/h1,5H,4H2,2H3. The van der Waals surface area contributed by atoms with Gasteiger partial charge in [0.25, 0.3) is 0 Å². The number of aryl methyl sites for hydroxylation is 1. The summed E-state index contributed by atoms with van der Waals surface area (Å²) in [4.78, 5) is 7.31. The molecule has 0 aromatic carbocycles. The minimum atomic E-state index is -0.475. The molecule has 0 saturated carbocycles. The maximum atomic E-state index is 13.0. The topological polar surface area (TPSA) is 25.8 Å². The van der Waals surface area contributed by atoms with Crippen LogP contribution in [0.3, 0.4) is 0 Å². The summed E-state index contributed by atoms with van der Waals surface area (Å²) >= 11 is 0. The highest BCUT2D eigenvalue weighted by Gasteiger charge is 2.05. The van der Waals surface area contributed by atoms with Crippen LogP contribution in [0.2, 0.25) is 0 Å². The maximum absolute atomic E-state index is 13.0. The molecule has 11 heavy (non-hydrogen) atoms. The Morgan fingerprint density at radius 1 is 1.64 bits per heavy atom. The zero-order valence-corrected chi connectivity index (χ0v) is 6.13. The summed E-state index contributed by atoms with van der Waals surface area (Å²) in [6.45, 7) is 1.81. The number of hydrogen-bond acceptors (Lipinski definition) is 2. The molecule has 3 heteroatoms. The minimum Gasteiger partial charge on any atom is -0.238 e. The molecule has 1 rings (SSSR count). The first-order valence-electron chi connectivity index (χ1n) is 3.25. The van der Waals surface area contributed by atoms with E-state index in [9.17, 15) is 4.39 Å². The quantitative estimate of drug-likeness (QED) is 0.561. The number of nitrogens with zero attached hydrogens (tertiary/aromatic N) is 2. The molecule has 0 atom stereocenters. The van der Waals surface area contributed by atoms with E-state index in [1.807, 2.05) is 6.92 Å². The highest BCUT2D eigenvalue weighted by atomic mass is 19.1. The van der Waals surface area contributed by atoms with E-state index in [2.05, 4.69) is 15.9 Å². The second-order valence-electron chi connectivity index (χ2n) is 1.98. The van der Waals surface area contributed by atoms with Gasteiger partial charge in [-0.1, -0.05) is 6.92 Å². The van der Waals surface area contributed by atoms with Crippen molar-refractivity contribution < 1.29 is 4.39 Å². The molecule has 0 bridgehead atoms. The molecule has 0 saturated heterocycles. The lowest BCUT2D eigenvalue weighted by molar-refractivity contribution is 0.589. The third kappa shape index (κ3) is 1.35. The predicted octanol–water partition coefficient (Wildman–Crippen LogP) is 1.16. The second kappa shape index (κ2) is 3.11. The van der Waals surface area contributed by atoms with E-state index in [0.29, 0.717) is 12.1 Å². The molecule has 2 nitrogen and oxygen atoms in total. The highest BCUT2D eigenvalue weighted by Crippen LogP contribution is 2.06. The van der Waals surface area contributed by atoms with Crippen LogP contribution in [0.25, 0.3) is 0 Å². The van der Waals surface area contributed by atoms with Crippen molar-refractivity contribution in [1.29, 1.82) is 0 Å². The molecule has 0 fully saturated rings. The molecule has 0 radical (unpaired) electrons.